The second kappa shape index (κ2) is 6.20. The van der Waals surface area contributed by atoms with Crippen LogP contribution in [-0.2, 0) is 14.8 Å². The minimum atomic E-state index is -3.61. The van der Waals surface area contributed by atoms with Crippen molar-refractivity contribution in [2.45, 2.75) is 23.5 Å². The lowest BCUT2D eigenvalue weighted by Gasteiger charge is -2.37. The van der Waals surface area contributed by atoms with Gasteiger partial charge in [0.1, 0.15) is 11.5 Å². The fourth-order valence-corrected chi connectivity index (χ4v) is 4.54. The summed E-state index contributed by atoms with van der Waals surface area (Å²) in [5, 5.41) is 3.31. The lowest BCUT2D eigenvalue weighted by atomic mass is 10.0. The van der Waals surface area contributed by atoms with Gasteiger partial charge in [-0.3, -0.25) is 10.1 Å². The number of ether oxygens (including phenoxy) is 2. The molecular weight excluding hydrogens is 320 g/mol. The molecule has 2 fully saturated rings. The van der Waals surface area contributed by atoms with Crippen molar-refractivity contribution in [3.05, 3.63) is 23.8 Å². The fraction of sp³-hybridized carbons (Fsp3) is 0.533. The highest BCUT2D eigenvalue weighted by molar-refractivity contribution is 7.89. The van der Waals surface area contributed by atoms with E-state index in [1.807, 2.05) is 0 Å². The van der Waals surface area contributed by atoms with E-state index in [0.717, 1.165) is 6.54 Å². The molecule has 0 aliphatic carbocycles. The average molecular weight is 340 g/mol. The van der Waals surface area contributed by atoms with Crippen molar-refractivity contribution in [3.63, 3.8) is 0 Å². The molecule has 0 unspecified atom stereocenters. The molecule has 2 heterocycles. The van der Waals surface area contributed by atoms with Crippen LogP contribution >= 0.6 is 0 Å². The third kappa shape index (κ3) is 2.99. The van der Waals surface area contributed by atoms with E-state index >= 15 is 0 Å². The SMILES string of the molecule is COc1cc(S(=O)(=O)N2CCC3(CC2)NCCO3)ccc1C=O. The largest absolute Gasteiger partial charge is 0.496 e. The summed E-state index contributed by atoms with van der Waals surface area (Å²) in [5.74, 6) is 0.260. The highest BCUT2D eigenvalue weighted by Gasteiger charge is 2.41. The molecule has 1 aromatic carbocycles. The average Bonchev–Trinajstić information content (AvgIpc) is 3.02. The number of carbonyl (C=O) groups excluding carboxylic acids is 1. The van der Waals surface area contributed by atoms with Crippen LogP contribution in [0.1, 0.15) is 23.2 Å². The van der Waals surface area contributed by atoms with Gasteiger partial charge in [0, 0.05) is 38.5 Å². The van der Waals surface area contributed by atoms with Gasteiger partial charge in [-0.1, -0.05) is 0 Å². The van der Waals surface area contributed by atoms with Crippen LogP contribution in [0.5, 0.6) is 5.75 Å². The van der Waals surface area contributed by atoms with Crippen LogP contribution in [0.25, 0.3) is 0 Å². The number of rotatable bonds is 4. The summed E-state index contributed by atoms with van der Waals surface area (Å²) in [6.07, 6.45) is 1.88. The van der Waals surface area contributed by atoms with E-state index in [4.69, 9.17) is 9.47 Å². The molecule has 8 heteroatoms. The van der Waals surface area contributed by atoms with Crippen LogP contribution in [-0.4, -0.2) is 58.1 Å². The summed E-state index contributed by atoms with van der Waals surface area (Å²) < 4.78 is 37.8. The maximum atomic E-state index is 12.8. The first-order valence-corrected chi connectivity index (χ1v) is 8.97. The molecular formula is C15H20N2O5S. The van der Waals surface area contributed by atoms with Crippen molar-refractivity contribution in [2.75, 3.05) is 33.4 Å². The standard InChI is InChI=1S/C15H20N2O5S/c1-21-14-10-13(3-2-12(14)11-18)23(19,20)17-7-4-15(5-8-17)16-6-9-22-15/h2-3,10-11,16H,4-9H2,1H3. The van der Waals surface area contributed by atoms with Crippen LogP contribution in [0.15, 0.2) is 23.1 Å². The van der Waals surface area contributed by atoms with Crippen molar-refractivity contribution < 1.29 is 22.7 Å². The fourth-order valence-electron chi connectivity index (χ4n) is 3.08. The number of nitrogens with one attached hydrogen (secondary N) is 1. The van der Waals surface area contributed by atoms with E-state index in [2.05, 4.69) is 5.32 Å². The molecule has 0 saturated carbocycles. The number of carbonyl (C=O) groups is 1. The Morgan fingerprint density at radius 1 is 1.35 bits per heavy atom. The maximum absolute atomic E-state index is 12.8. The topological polar surface area (TPSA) is 84.9 Å². The Labute approximate surface area is 135 Å². The highest BCUT2D eigenvalue weighted by Crippen LogP contribution is 2.31. The van der Waals surface area contributed by atoms with Crippen molar-refractivity contribution >= 4 is 16.3 Å². The van der Waals surface area contributed by atoms with Crippen molar-refractivity contribution in [3.8, 4) is 5.75 Å². The molecule has 2 aliphatic rings. The number of sulfonamides is 1. The van der Waals surface area contributed by atoms with E-state index in [9.17, 15) is 13.2 Å². The Morgan fingerprint density at radius 2 is 2.09 bits per heavy atom. The summed E-state index contributed by atoms with van der Waals surface area (Å²) in [7, 11) is -2.20. The Bertz CT molecular complexity index is 688. The third-order valence-electron chi connectivity index (χ3n) is 4.43. The first-order valence-electron chi connectivity index (χ1n) is 7.53. The number of piperidine rings is 1. The molecule has 1 aromatic rings. The van der Waals surface area contributed by atoms with E-state index in [1.54, 1.807) is 0 Å². The quantitative estimate of drug-likeness (QED) is 0.809. The van der Waals surface area contributed by atoms with Gasteiger partial charge in [-0.25, -0.2) is 8.42 Å². The molecule has 1 N–H and O–H groups in total. The van der Waals surface area contributed by atoms with E-state index in [0.29, 0.717) is 44.4 Å². The van der Waals surface area contributed by atoms with Gasteiger partial charge in [-0.2, -0.15) is 4.31 Å². The summed E-state index contributed by atoms with van der Waals surface area (Å²) in [6, 6.07) is 4.30. The second-order valence-corrected chi connectivity index (χ2v) is 7.63. The van der Waals surface area contributed by atoms with Gasteiger partial charge in [0.25, 0.3) is 0 Å². The zero-order valence-electron chi connectivity index (χ0n) is 12.9. The monoisotopic (exact) mass is 340 g/mol. The predicted octanol–water partition coefficient (Wildman–Crippen LogP) is 0.608. The molecule has 0 radical (unpaired) electrons. The van der Waals surface area contributed by atoms with Crippen molar-refractivity contribution in [1.29, 1.82) is 0 Å². The van der Waals surface area contributed by atoms with Crippen LogP contribution in [0, 0.1) is 0 Å². The molecule has 23 heavy (non-hydrogen) atoms. The molecule has 0 bridgehead atoms. The zero-order valence-corrected chi connectivity index (χ0v) is 13.8. The van der Waals surface area contributed by atoms with Crippen molar-refractivity contribution in [1.82, 2.24) is 9.62 Å². The smallest absolute Gasteiger partial charge is 0.243 e. The van der Waals surface area contributed by atoms with Crippen LogP contribution in [0.2, 0.25) is 0 Å². The molecule has 126 valence electrons. The predicted molar refractivity (Wildman–Crippen MR) is 83.1 cm³/mol. The highest BCUT2D eigenvalue weighted by atomic mass is 32.2. The van der Waals surface area contributed by atoms with Crippen LogP contribution in [0.3, 0.4) is 0 Å². The van der Waals surface area contributed by atoms with Gasteiger partial charge in [-0.05, 0) is 12.1 Å². The molecule has 1 spiro atoms. The zero-order chi connectivity index (χ0) is 16.5. The number of hydrogen-bond donors (Lipinski definition) is 1. The Balaban J connectivity index is 1.81. The Morgan fingerprint density at radius 3 is 2.65 bits per heavy atom. The summed E-state index contributed by atoms with van der Waals surface area (Å²) in [4.78, 5) is 11.1. The lowest BCUT2D eigenvalue weighted by molar-refractivity contribution is -0.0445. The third-order valence-corrected chi connectivity index (χ3v) is 6.32. The Kier molecular flexibility index (Phi) is 4.41. The van der Waals surface area contributed by atoms with Gasteiger partial charge in [0.05, 0.1) is 24.2 Å². The minimum absolute atomic E-state index is 0.135. The van der Waals surface area contributed by atoms with Crippen LogP contribution < -0.4 is 10.1 Å². The molecule has 0 amide bonds. The number of nitrogens with zero attached hydrogens (tertiary/aromatic N) is 1. The summed E-state index contributed by atoms with van der Waals surface area (Å²) in [5.41, 5.74) is -0.0435. The van der Waals surface area contributed by atoms with Gasteiger partial charge in [0.2, 0.25) is 10.0 Å². The molecule has 0 aromatic heterocycles. The first kappa shape index (κ1) is 16.4. The molecule has 2 aliphatic heterocycles. The summed E-state index contributed by atoms with van der Waals surface area (Å²) in [6.45, 7) is 2.26. The van der Waals surface area contributed by atoms with Gasteiger partial charge >= 0.3 is 0 Å². The van der Waals surface area contributed by atoms with Crippen LogP contribution in [0.4, 0.5) is 0 Å². The minimum Gasteiger partial charge on any atom is -0.496 e. The molecule has 0 atom stereocenters. The van der Waals surface area contributed by atoms with Gasteiger partial charge in [0.15, 0.2) is 6.29 Å². The van der Waals surface area contributed by atoms with Crippen molar-refractivity contribution in [2.24, 2.45) is 0 Å². The maximum Gasteiger partial charge on any atom is 0.243 e. The van der Waals surface area contributed by atoms with E-state index in [-0.39, 0.29) is 16.4 Å². The number of methoxy groups -OCH3 is 1. The normalized spacial score (nSPS) is 21.4. The first-order chi connectivity index (χ1) is 11.0. The second-order valence-electron chi connectivity index (χ2n) is 5.70. The lowest BCUT2D eigenvalue weighted by Crippen LogP contribution is -2.52. The van der Waals surface area contributed by atoms with Gasteiger partial charge < -0.3 is 9.47 Å². The molecule has 2 saturated heterocycles. The van der Waals surface area contributed by atoms with Gasteiger partial charge in [-0.15, -0.1) is 0 Å². The Hall–Kier alpha value is -1.48. The van der Waals surface area contributed by atoms with E-state index in [1.165, 1.54) is 29.6 Å². The molecule has 7 nitrogen and oxygen atoms in total. The summed E-state index contributed by atoms with van der Waals surface area (Å²) >= 11 is 0. The number of aldehydes is 1. The van der Waals surface area contributed by atoms with E-state index < -0.39 is 10.0 Å². The number of hydrogen-bond acceptors (Lipinski definition) is 6. The number of benzene rings is 1. The molecule has 3 rings (SSSR count).